The van der Waals surface area contributed by atoms with Crippen LogP contribution in [0.25, 0.3) is 0 Å². The lowest BCUT2D eigenvalue weighted by atomic mass is 10.1. The second-order valence-corrected chi connectivity index (χ2v) is 7.36. The first kappa shape index (κ1) is 15.6. The quantitative estimate of drug-likeness (QED) is 0.690. The van der Waals surface area contributed by atoms with Crippen LogP contribution in [0.1, 0.15) is 45.3 Å². The van der Waals surface area contributed by atoms with Crippen molar-refractivity contribution in [3.8, 4) is 0 Å². The number of carbonyl (C=O) groups excluding carboxylic acids is 1. The number of rotatable bonds is 1. The molecular formula is C14H22IN3O2. The highest BCUT2D eigenvalue weighted by molar-refractivity contribution is 14.1. The molecule has 6 heteroatoms. The van der Waals surface area contributed by atoms with Crippen LogP contribution in [0.2, 0.25) is 0 Å². The van der Waals surface area contributed by atoms with Crippen LogP contribution in [-0.4, -0.2) is 39.5 Å². The van der Waals surface area contributed by atoms with Crippen molar-refractivity contribution in [3.05, 3.63) is 15.5 Å². The zero-order chi connectivity index (χ0) is 14.9. The summed E-state index contributed by atoms with van der Waals surface area (Å²) in [4.78, 5) is 13.8. The van der Waals surface area contributed by atoms with Crippen LogP contribution in [0.5, 0.6) is 0 Å². The van der Waals surface area contributed by atoms with Crippen LogP contribution in [0.3, 0.4) is 0 Å². The summed E-state index contributed by atoms with van der Waals surface area (Å²) in [5.74, 6) is 0. The third-order valence-corrected chi connectivity index (χ3v) is 3.88. The first-order valence-corrected chi connectivity index (χ1v) is 8.04. The Bertz CT molecular complexity index is 485. The molecule has 1 aliphatic rings. The monoisotopic (exact) mass is 391 g/mol. The molecular weight excluding hydrogens is 369 g/mol. The molecule has 1 fully saturated rings. The van der Waals surface area contributed by atoms with Crippen molar-refractivity contribution in [2.45, 2.75) is 52.2 Å². The first-order valence-electron chi connectivity index (χ1n) is 6.96. The van der Waals surface area contributed by atoms with E-state index < -0.39 is 5.60 Å². The standard InChI is InChI=1S/C14H22IN3O2/c1-10-9-12(15)16-18(10)11-5-7-17(8-6-11)13(19)20-14(2,3)4/h9,11H,5-8H2,1-4H3. The summed E-state index contributed by atoms with van der Waals surface area (Å²) in [6.45, 7) is 9.23. The van der Waals surface area contributed by atoms with Gasteiger partial charge >= 0.3 is 6.09 Å². The summed E-state index contributed by atoms with van der Waals surface area (Å²) in [5, 5.41) is 4.53. The lowest BCUT2D eigenvalue weighted by Gasteiger charge is -2.33. The van der Waals surface area contributed by atoms with Gasteiger partial charge in [-0.05, 0) is 69.2 Å². The highest BCUT2D eigenvalue weighted by Gasteiger charge is 2.28. The molecule has 1 aliphatic heterocycles. The Labute approximate surface area is 133 Å². The van der Waals surface area contributed by atoms with Crippen molar-refractivity contribution in [3.63, 3.8) is 0 Å². The minimum Gasteiger partial charge on any atom is -0.444 e. The fourth-order valence-corrected chi connectivity index (χ4v) is 3.12. The maximum absolute atomic E-state index is 12.0. The van der Waals surface area contributed by atoms with Gasteiger partial charge in [-0.3, -0.25) is 4.68 Å². The zero-order valence-electron chi connectivity index (χ0n) is 12.5. The van der Waals surface area contributed by atoms with Crippen molar-refractivity contribution in [1.82, 2.24) is 14.7 Å². The molecule has 0 spiro atoms. The van der Waals surface area contributed by atoms with Gasteiger partial charge in [0.25, 0.3) is 0 Å². The van der Waals surface area contributed by atoms with Crippen LogP contribution in [-0.2, 0) is 4.74 Å². The number of ether oxygens (including phenoxy) is 1. The van der Waals surface area contributed by atoms with Crippen molar-refractivity contribution >= 4 is 28.7 Å². The third kappa shape index (κ3) is 3.86. The van der Waals surface area contributed by atoms with E-state index >= 15 is 0 Å². The molecule has 0 bridgehead atoms. The molecule has 1 aromatic rings. The maximum Gasteiger partial charge on any atom is 0.410 e. The van der Waals surface area contributed by atoms with Crippen molar-refractivity contribution in [2.75, 3.05) is 13.1 Å². The molecule has 0 aliphatic carbocycles. The van der Waals surface area contributed by atoms with Crippen LogP contribution in [0.15, 0.2) is 6.07 Å². The number of aromatic nitrogens is 2. The second kappa shape index (κ2) is 5.91. The van der Waals surface area contributed by atoms with Gasteiger partial charge < -0.3 is 9.64 Å². The minimum absolute atomic E-state index is 0.206. The molecule has 5 nitrogen and oxygen atoms in total. The van der Waals surface area contributed by atoms with Crippen LogP contribution < -0.4 is 0 Å². The lowest BCUT2D eigenvalue weighted by Crippen LogP contribution is -2.42. The van der Waals surface area contributed by atoms with E-state index in [9.17, 15) is 4.79 Å². The Hall–Kier alpha value is -0.790. The Morgan fingerprint density at radius 1 is 1.40 bits per heavy atom. The summed E-state index contributed by atoms with van der Waals surface area (Å²) in [6, 6.07) is 2.47. The molecule has 20 heavy (non-hydrogen) atoms. The van der Waals surface area contributed by atoms with E-state index in [0.29, 0.717) is 6.04 Å². The Balaban J connectivity index is 1.92. The number of carbonyl (C=O) groups is 1. The number of hydrogen-bond donors (Lipinski definition) is 0. The lowest BCUT2D eigenvalue weighted by molar-refractivity contribution is 0.0184. The molecule has 112 valence electrons. The molecule has 0 unspecified atom stereocenters. The van der Waals surface area contributed by atoms with E-state index in [4.69, 9.17) is 4.74 Å². The van der Waals surface area contributed by atoms with E-state index in [2.05, 4.69) is 45.4 Å². The molecule has 2 rings (SSSR count). The first-order chi connectivity index (χ1) is 9.26. The van der Waals surface area contributed by atoms with Gasteiger partial charge in [0.05, 0.1) is 6.04 Å². The summed E-state index contributed by atoms with van der Waals surface area (Å²) in [6.07, 6.45) is 1.65. The molecule has 1 amide bonds. The molecule has 1 saturated heterocycles. The van der Waals surface area contributed by atoms with Crippen molar-refractivity contribution in [2.24, 2.45) is 0 Å². The molecule has 0 aromatic carbocycles. The second-order valence-electron chi connectivity index (χ2n) is 6.25. The predicted molar refractivity (Wildman–Crippen MR) is 85.8 cm³/mol. The van der Waals surface area contributed by atoms with Gasteiger partial charge in [-0.1, -0.05) is 0 Å². The summed E-state index contributed by atoms with van der Waals surface area (Å²) in [5.41, 5.74) is 0.757. The zero-order valence-corrected chi connectivity index (χ0v) is 14.7. The predicted octanol–water partition coefficient (Wildman–Crippen LogP) is 3.37. The average Bonchev–Trinajstić information content (AvgIpc) is 2.66. The Kier molecular flexibility index (Phi) is 4.61. The molecule has 0 saturated carbocycles. The van der Waals surface area contributed by atoms with Gasteiger partial charge in [-0.2, -0.15) is 5.10 Å². The van der Waals surface area contributed by atoms with E-state index in [-0.39, 0.29) is 6.09 Å². The number of aryl methyl sites for hydroxylation is 1. The number of amides is 1. The van der Waals surface area contributed by atoms with Gasteiger partial charge in [0.2, 0.25) is 0 Å². The van der Waals surface area contributed by atoms with Gasteiger partial charge in [0.15, 0.2) is 0 Å². The topological polar surface area (TPSA) is 47.4 Å². The van der Waals surface area contributed by atoms with Crippen LogP contribution in [0.4, 0.5) is 4.79 Å². The van der Waals surface area contributed by atoms with Crippen molar-refractivity contribution in [1.29, 1.82) is 0 Å². The minimum atomic E-state index is -0.428. The van der Waals surface area contributed by atoms with E-state index in [1.807, 2.05) is 20.8 Å². The maximum atomic E-state index is 12.0. The highest BCUT2D eigenvalue weighted by Crippen LogP contribution is 2.25. The highest BCUT2D eigenvalue weighted by atomic mass is 127. The third-order valence-electron chi connectivity index (χ3n) is 3.35. The normalized spacial score (nSPS) is 17.4. The van der Waals surface area contributed by atoms with Gasteiger partial charge in [-0.25, -0.2) is 4.79 Å². The van der Waals surface area contributed by atoms with E-state index in [0.717, 1.165) is 29.6 Å². The van der Waals surface area contributed by atoms with Crippen LogP contribution in [0, 0.1) is 10.6 Å². The smallest absolute Gasteiger partial charge is 0.410 e. The average molecular weight is 391 g/mol. The fourth-order valence-electron chi connectivity index (χ4n) is 2.44. The summed E-state index contributed by atoms with van der Waals surface area (Å²) < 4.78 is 8.52. The summed E-state index contributed by atoms with van der Waals surface area (Å²) in [7, 11) is 0. The molecule has 1 aromatic heterocycles. The van der Waals surface area contributed by atoms with Gasteiger partial charge in [0, 0.05) is 18.8 Å². The summed E-state index contributed by atoms with van der Waals surface area (Å²) >= 11 is 2.24. The number of nitrogens with zero attached hydrogens (tertiary/aromatic N) is 3. The van der Waals surface area contributed by atoms with Crippen molar-refractivity contribution < 1.29 is 9.53 Å². The number of likely N-dealkylation sites (tertiary alicyclic amines) is 1. The molecule has 2 heterocycles. The molecule has 0 radical (unpaired) electrons. The van der Waals surface area contributed by atoms with Gasteiger partial charge in [0.1, 0.15) is 9.30 Å². The van der Waals surface area contributed by atoms with E-state index in [1.54, 1.807) is 4.90 Å². The number of hydrogen-bond acceptors (Lipinski definition) is 3. The van der Waals surface area contributed by atoms with Gasteiger partial charge in [-0.15, -0.1) is 0 Å². The SMILES string of the molecule is Cc1cc(I)nn1C1CCN(C(=O)OC(C)(C)C)CC1. The Morgan fingerprint density at radius 3 is 2.45 bits per heavy atom. The molecule has 0 atom stereocenters. The number of piperidine rings is 1. The fraction of sp³-hybridized carbons (Fsp3) is 0.714. The van der Waals surface area contributed by atoms with E-state index in [1.165, 1.54) is 5.69 Å². The largest absolute Gasteiger partial charge is 0.444 e. The number of halogens is 1. The Morgan fingerprint density at radius 2 is 2.00 bits per heavy atom. The molecule has 0 N–H and O–H groups in total. The van der Waals surface area contributed by atoms with Crippen LogP contribution >= 0.6 is 22.6 Å².